The highest BCUT2D eigenvalue weighted by molar-refractivity contribution is 5.84. The number of hydrogen-bond acceptors (Lipinski definition) is 9. The molecule has 0 saturated carbocycles. The zero-order valence-corrected chi connectivity index (χ0v) is 21.5. The van der Waals surface area contributed by atoms with Crippen molar-refractivity contribution >= 4 is 29.4 Å². The molecule has 0 aliphatic carbocycles. The minimum absolute atomic E-state index is 0.0132. The largest absolute Gasteiger partial charge is 0.391 e. The Morgan fingerprint density at radius 2 is 1.79 bits per heavy atom. The van der Waals surface area contributed by atoms with Gasteiger partial charge < -0.3 is 26.4 Å². The lowest BCUT2D eigenvalue weighted by atomic mass is 10.2. The number of nitrogens with two attached hydrogens (primary N) is 2. The molecule has 2 aliphatic heterocycles. The molecule has 0 bridgehead atoms. The highest BCUT2D eigenvalue weighted by Crippen LogP contribution is 2.27. The maximum atomic E-state index is 13.6. The van der Waals surface area contributed by atoms with Gasteiger partial charge in [0, 0.05) is 69.1 Å². The molecule has 2 saturated heterocycles. The average molecular weight is 540 g/mol. The number of carbonyl (C=O) groups is 1. The molecular weight excluding hydrogens is 508 g/mol. The van der Waals surface area contributed by atoms with E-state index in [1.807, 2.05) is 17.9 Å². The lowest BCUT2D eigenvalue weighted by Crippen LogP contribution is -2.46. The number of piperazine rings is 1. The number of nitrogens with zero attached hydrogens (tertiary/aromatic N) is 7. The number of β-amino-alcohol motifs (C(OH)–C–C–N with tert-alkyl or cyclic N) is 1. The summed E-state index contributed by atoms with van der Waals surface area (Å²) in [5.74, 6) is -0.848. The van der Waals surface area contributed by atoms with Crippen molar-refractivity contribution in [1.29, 1.82) is 0 Å². The lowest BCUT2D eigenvalue weighted by molar-refractivity contribution is -0.119. The summed E-state index contributed by atoms with van der Waals surface area (Å²) in [5, 5.41) is 14.5. The van der Waals surface area contributed by atoms with Crippen LogP contribution >= 0.6 is 0 Å². The minimum atomic E-state index is -0.697. The van der Waals surface area contributed by atoms with Crippen molar-refractivity contribution in [2.75, 3.05) is 54.8 Å². The number of amides is 1. The number of aliphatic hydroxyl groups is 1. The third kappa shape index (κ3) is 5.83. The van der Waals surface area contributed by atoms with E-state index >= 15 is 0 Å². The predicted molar refractivity (Wildman–Crippen MR) is 143 cm³/mol. The summed E-state index contributed by atoms with van der Waals surface area (Å²) in [6, 6.07) is 4.58. The molecule has 13 heteroatoms. The van der Waals surface area contributed by atoms with E-state index < -0.39 is 29.7 Å². The molecule has 2 aliphatic rings. The van der Waals surface area contributed by atoms with Gasteiger partial charge in [0.05, 0.1) is 18.0 Å². The smallest absolute Gasteiger partial charge is 0.240 e. The molecule has 39 heavy (non-hydrogen) atoms. The highest BCUT2D eigenvalue weighted by atomic mass is 19.1. The summed E-state index contributed by atoms with van der Waals surface area (Å²) >= 11 is 0. The first-order valence-corrected chi connectivity index (χ1v) is 12.7. The Labute approximate surface area is 224 Å². The molecule has 4 heterocycles. The van der Waals surface area contributed by atoms with Crippen molar-refractivity contribution in [1.82, 2.24) is 24.6 Å². The van der Waals surface area contributed by atoms with E-state index in [-0.39, 0.29) is 18.9 Å². The topological polar surface area (TPSA) is 143 Å². The average Bonchev–Trinajstić information content (AvgIpc) is 3.46. The fourth-order valence-corrected chi connectivity index (χ4v) is 5.09. The Hall–Kier alpha value is -4.10. The number of aromatic nitrogens is 4. The molecule has 2 fully saturated rings. The maximum Gasteiger partial charge on any atom is 0.240 e. The monoisotopic (exact) mass is 539 g/mol. The summed E-state index contributed by atoms with van der Waals surface area (Å²) in [7, 11) is 0. The third-order valence-corrected chi connectivity index (χ3v) is 7.13. The van der Waals surface area contributed by atoms with Crippen LogP contribution in [-0.2, 0) is 4.79 Å². The molecule has 5 rings (SSSR count). The second-order valence-corrected chi connectivity index (χ2v) is 9.82. The van der Waals surface area contributed by atoms with Crippen LogP contribution in [0.1, 0.15) is 17.7 Å². The van der Waals surface area contributed by atoms with Crippen LogP contribution in [0.5, 0.6) is 0 Å². The van der Waals surface area contributed by atoms with Gasteiger partial charge in [-0.25, -0.2) is 13.5 Å². The summed E-state index contributed by atoms with van der Waals surface area (Å²) in [4.78, 5) is 26.3. The standard InChI is InChI=1S/C26H31F2N9O2/c1-16-17(3-2-4-34-5-7-35(8-6-34)20-10-18(27)9-19(28)11-20)14-31-37(16)24-13-23(32-26(30)33-24)36-15-21(38)12-22(36)25(29)39/h2-3,9-11,13-14,21-22,38H,4-8,12,15H2,1H3,(H2,29,39)(H2,30,32,33)/t21-,22-/m0/s1. The second-order valence-electron chi connectivity index (χ2n) is 9.82. The number of nitrogen functional groups attached to an aromatic ring is 1. The molecule has 2 atom stereocenters. The quantitative estimate of drug-likeness (QED) is 0.402. The molecule has 11 nitrogen and oxygen atoms in total. The van der Waals surface area contributed by atoms with E-state index in [1.54, 1.807) is 21.8 Å². The molecule has 206 valence electrons. The normalized spacial score (nSPS) is 20.3. The van der Waals surface area contributed by atoms with Gasteiger partial charge in [-0.2, -0.15) is 15.1 Å². The van der Waals surface area contributed by atoms with Crippen LogP contribution in [-0.4, -0.2) is 87.1 Å². The minimum Gasteiger partial charge on any atom is -0.391 e. The van der Waals surface area contributed by atoms with Crippen molar-refractivity contribution in [2.24, 2.45) is 5.73 Å². The van der Waals surface area contributed by atoms with Gasteiger partial charge in [-0.3, -0.25) is 9.69 Å². The van der Waals surface area contributed by atoms with E-state index in [4.69, 9.17) is 11.5 Å². The number of anilines is 3. The van der Waals surface area contributed by atoms with Crippen LogP contribution < -0.4 is 21.3 Å². The van der Waals surface area contributed by atoms with Crippen LogP contribution in [0, 0.1) is 18.6 Å². The van der Waals surface area contributed by atoms with E-state index in [0.29, 0.717) is 37.0 Å². The number of hydrogen-bond donors (Lipinski definition) is 3. The van der Waals surface area contributed by atoms with Gasteiger partial charge in [-0.1, -0.05) is 12.2 Å². The first-order valence-electron chi connectivity index (χ1n) is 12.7. The number of primary amides is 1. The summed E-state index contributed by atoms with van der Waals surface area (Å²) < 4.78 is 28.8. The van der Waals surface area contributed by atoms with Crippen LogP contribution in [0.15, 0.2) is 36.5 Å². The summed E-state index contributed by atoms with van der Waals surface area (Å²) in [6.45, 7) is 5.72. The molecular formula is C26H31F2N9O2. The molecule has 5 N–H and O–H groups in total. The van der Waals surface area contributed by atoms with Crippen molar-refractivity contribution in [3.05, 3.63) is 59.4 Å². The van der Waals surface area contributed by atoms with Gasteiger partial charge in [0.1, 0.15) is 23.5 Å². The van der Waals surface area contributed by atoms with E-state index in [2.05, 4.69) is 26.0 Å². The van der Waals surface area contributed by atoms with Crippen LogP contribution in [0.3, 0.4) is 0 Å². The second kappa shape index (κ2) is 10.9. The zero-order chi connectivity index (χ0) is 27.7. The maximum absolute atomic E-state index is 13.6. The fraction of sp³-hybridized carbons (Fsp3) is 0.385. The summed E-state index contributed by atoms with van der Waals surface area (Å²) in [6.07, 6.45) is 5.29. The first-order chi connectivity index (χ1) is 18.7. The van der Waals surface area contributed by atoms with Gasteiger partial charge in [0.25, 0.3) is 0 Å². The van der Waals surface area contributed by atoms with Crippen molar-refractivity contribution < 1.29 is 18.7 Å². The van der Waals surface area contributed by atoms with Gasteiger partial charge in [0.2, 0.25) is 11.9 Å². The molecule has 0 unspecified atom stereocenters. The SMILES string of the molecule is Cc1c(C=CCN2CCN(c3cc(F)cc(F)c3)CC2)cnn1-c1cc(N2C[C@@H](O)C[C@H]2C(N)=O)nc(N)n1. The van der Waals surface area contributed by atoms with Gasteiger partial charge in [-0.05, 0) is 19.1 Å². The van der Waals surface area contributed by atoms with E-state index in [0.717, 1.165) is 30.4 Å². The Morgan fingerprint density at radius 1 is 1.10 bits per heavy atom. The Kier molecular flexibility index (Phi) is 7.44. The number of halogens is 2. The number of carbonyl (C=O) groups excluding carboxylic acids is 1. The first kappa shape index (κ1) is 26.5. The van der Waals surface area contributed by atoms with Gasteiger partial charge >= 0.3 is 0 Å². The van der Waals surface area contributed by atoms with E-state index in [1.165, 1.54) is 12.1 Å². The van der Waals surface area contributed by atoms with Crippen molar-refractivity contribution in [3.63, 3.8) is 0 Å². The van der Waals surface area contributed by atoms with Crippen molar-refractivity contribution in [3.8, 4) is 5.82 Å². The number of aliphatic hydroxyl groups excluding tert-OH is 1. The lowest BCUT2D eigenvalue weighted by Gasteiger charge is -2.35. The Balaban J connectivity index is 1.24. The van der Waals surface area contributed by atoms with Crippen LogP contribution in [0.25, 0.3) is 11.9 Å². The highest BCUT2D eigenvalue weighted by Gasteiger charge is 2.36. The fourth-order valence-electron chi connectivity index (χ4n) is 5.09. The molecule has 0 spiro atoms. The number of benzene rings is 1. The molecule has 1 aromatic carbocycles. The van der Waals surface area contributed by atoms with Crippen LogP contribution in [0.4, 0.5) is 26.2 Å². The Bertz CT molecular complexity index is 1370. The van der Waals surface area contributed by atoms with Gasteiger partial charge in [-0.15, -0.1) is 0 Å². The van der Waals surface area contributed by atoms with Gasteiger partial charge in [0.15, 0.2) is 5.82 Å². The Morgan fingerprint density at radius 3 is 2.49 bits per heavy atom. The molecule has 1 amide bonds. The zero-order valence-electron chi connectivity index (χ0n) is 21.5. The summed E-state index contributed by atoms with van der Waals surface area (Å²) in [5.41, 5.74) is 13.8. The predicted octanol–water partition coefficient (Wildman–Crippen LogP) is 1.09. The number of rotatable bonds is 7. The van der Waals surface area contributed by atoms with E-state index in [9.17, 15) is 18.7 Å². The van der Waals surface area contributed by atoms with Crippen LogP contribution in [0.2, 0.25) is 0 Å². The molecule has 0 radical (unpaired) electrons. The molecule has 2 aromatic heterocycles. The third-order valence-electron chi connectivity index (χ3n) is 7.13. The van der Waals surface area contributed by atoms with Crippen molar-refractivity contribution in [2.45, 2.75) is 25.5 Å². The molecule has 3 aromatic rings.